The first-order valence-corrected chi connectivity index (χ1v) is 7.46. The highest BCUT2D eigenvalue weighted by Gasteiger charge is 2.75. The first-order chi connectivity index (χ1) is 10.3. The fourth-order valence-corrected chi connectivity index (χ4v) is 3.68. The standard InChI is InChI=1S/C17H21NO4/c1-15(2)16(3)8-9-17(15,22-14(16)20)13(19)18-11-6-5-7-12(10-11)21-4/h5-7,10H,8-9H2,1-4H3,(H,18,19)/t16-,17+/m1/s1. The Morgan fingerprint density at radius 1 is 1.27 bits per heavy atom. The third-order valence-electron chi connectivity index (χ3n) is 5.78. The van der Waals surface area contributed by atoms with Gasteiger partial charge in [-0.25, -0.2) is 0 Å². The van der Waals surface area contributed by atoms with Gasteiger partial charge in [-0.05, 0) is 31.9 Å². The van der Waals surface area contributed by atoms with Crippen LogP contribution in [0, 0.1) is 10.8 Å². The van der Waals surface area contributed by atoms with Crippen LogP contribution < -0.4 is 10.1 Å². The molecule has 3 rings (SSSR count). The van der Waals surface area contributed by atoms with Crippen LogP contribution in [0.2, 0.25) is 0 Å². The topological polar surface area (TPSA) is 64.6 Å². The van der Waals surface area contributed by atoms with Gasteiger partial charge in [-0.15, -0.1) is 0 Å². The van der Waals surface area contributed by atoms with E-state index in [0.717, 1.165) is 0 Å². The van der Waals surface area contributed by atoms with Crippen LogP contribution in [0.25, 0.3) is 0 Å². The molecule has 118 valence electrons. The maximum absolute atomic E-state index is 12.9. The van der Waals surface area contributed by atoms with Crippen molar-refractivity contribution >= 4 is 17.6 Å². The summed E-state index contributed by atoms with van der Waals surface area (Å²) in [4.78, 5) is 25.1. The highest BCUT2D eigenvalue weighted by atomic mass is 16.6. The van der Waals surface area contributed by atoms with Gasteiger partial charge in [0.1, 0.15) is 5.75 Å². The number of benzene rings is 1. The quantitative estimate of drug-likeness (QED) is 0.872. The Bertz CT molecular complexity index is 654. The molecule has 2 atom stereocenters. The molecule has 1 aliphatic heterocycles. The summed E-state index contributed by atoms with van der Waals surface area (Å²) in [5.41, 5.74) is -1.60. The van der Waals surface area contributed by atoms with Crippen LogP contribution in [0.5, 0.6) is 5.75 Å². The van der Waals surface area contributed by atoms with Crippen molar-refractivity contribution in [3.05, 3.63) is 24.3 Å². The van der Waals surface area contributed by atoms with Gasteiger partial charge < -0.3 is 14.8 Å². The summed E-state index contributed by atoms with van der Waals surface area (Å²) in [6.45, 7) is 5.77. The Balaban J connectivity index is 1.91. The molecule has 1 amide bonds. The zero-order chi connectivity index (χ0) is 16.2. The predicted octanol–water partition coefficient (Wildman–Crippen LogP) is 2.76. The zero-order valence-electron chi connectivity index (χ0n) is 13.4. The van der Waals surface area contributed by atoms with Gasteiger partial charge >= 0.3 is 5.97 Å². The van der Waals surface area contributed by atoms with Crippen LogP contribution in [0.1, 0.15) is 33.6 Å². The van der Waals surface area contributed by atoms with E-state index in [4.69, 9.17) is 9.47 Å². The van der Waals surface area contributed by atoms with Crippen molar-refractivity contribution in [2.75, 3.05) is 12.4 Å². The Morgan fingerprint density at radius 3 is 2.55 bits per heavy atom. The maximum atomic E-state index is 12.9. The first kappa shape index (κ1) is 14.9. The molecule has 5 heteroatoms. The number of rotatable bonds is 3. The SMILES string of the molecule is COc1cccc(NC(=O)[C@]23CC[C@](C)(C(=O)O2)C3(C)C)c1. The molecule has 1 aromatic rings. The molecule has 1 aliphatic carbocycles. The molecule has 0 radical (unpaired) electrons. The molecule has 2 fully saturated rings. The molecule has 5 nitrogen and oxygen atoms in total. The summed E-state index contributed by atoms with van der Waals surface area (Å²) in [6, 6.07) is 7.14. The molecule has 22 heavy (non-hydrogen) atoms. The number of carbonyl (C=O) groups is 2. The molecule has 0 unspecified atom stereocenters. The lowest BCUT2D eigenvalue weighted by Crippen LogP contribution is -2.50. The smallest absolute Gasteiger partial charge is 0.313 e. The molecule has 0 spiro atoms. The largest absolute Gasteiger partial charge is 0.497 e. The summed E-state index contributed by atoms with van der Waals surface area (Å²) in [7, 11) is 1.57. The fraction of sp³-hybridized carbons (Fsp3) is 0.529. The zero-order valence-corrected chi connectivity index (χ0v) is 13.4. The van der Waals surface area contributed by atoms with Crippen LogP contribution in [0.3, 0.4) is 0 Å². The van der Waals surface area contributed by atoms with Crippen molar-refractivity contribution in [3.63, 3.8) is 0 Å². The van der Waals surface area contributed by atoms with E-state index >= 15 is 0 Å². The average molecular weight is 303 g/mol. The number of ether oxygens (including phenoxy) is 2. The highest BCUT2D eigenvalue weighted by molar-refractivity contribution is 6.03. The van der Waals surface area contributed by atoms with E-state index in [2.05, 4.69) is 5.32 Å². The second kappa shape index (κ2) is 4.48. The minimum Gasteiger partial charge on any atom is -0.497 e. The second-order valence-corrected chi connectivity index (χ2v) is 6.86. The summed E-state index contributed by atoms with van der Waals surface area (Å²) in [5.74, 6) is 0.124. The number of methoxy groups -OCH3 is 1. The van der Waals surface area contributed by atoms with Gasteiger partial charge in [0.15, 0.2) is 5.60 Å². The summed E-state index contributed by atoms with van der Waals surface area (Å²) >= 11 is 0. The van der Waals surface area contributed by atoms with E-state index in [9.17, 15) is 9.59 Å². The van der Waals surface area contributed by atoms with Crippen molar-refractivity contribution in [2.45, 2.75) is 39.2 Å². The number of nitrogens with one attached hydrogen (secondary N) is 1. The van der Waals surface area contributed by atoms with Gasteiger partial charge in [-0.1, -0.05) is 19.9 Å². The molecule has 2 bridgehead atoms. The van der Waals surface area contributed by atoms with Crippen LogP contribution in [0.15, 0.2) is 24.3 Å². The Labute approximate surface area is 130 Å². The number of hydrogen-bond donors (Lipinski definition) is 1. The second-order valence-electron chi connectivity index (χ2n) is 6.86. The maximum Gasteiger partial charge on any atom is 0.313 e. The molecule has 1 saturated carbocycles. The monoisotopic (exact) mass is 303 g/mol. The highest BCUT2D eigenvalue weighted by Crippen LogP contribution is 2.65. The van der Waals surface area contributed by atoms with E-state index in [1.807, 2.05) is 20.8 Å². The fourth-order valence-electron chi connectivity index (χ4n) is 3.68. The molecular weight excluding hydrogens is 282 g/mol. The molecule has 1 saturated heterocycles. The van der Waals surface area contributed by atoms with Gasteiger partial charge in [0.05, 0.1) is 12.5 Å². The number of carbonyl (C=O) groups excluding carboxylic acids is 2. The van der Waals surface area contributed by atoms with Gasteiger partial charge in [0.2, 0.25) is 0 Å². The minimum atomic E-state index is -1.10. The molecule has 1 aromatic carbocycles. The van der Waals surface area contributed by atoms with Gasteiger partial charge in [0.25, 0.3) is 5.91 Å². The van der Waals surface area contributed by atoms with Gasteiger partial charge in [-0.2, -0.15) is 0 Å². The first-order valence-electron chi connectivity index (χ1n) is 7.46. The molecule has 1 heterocycles. The van der Waals surface area contributed by atoms with Crippen LogP contribution in [-0.2, 0) is 14.3 Å². The Morgan fingerprint density at radius 2 is 2.00 bits per heavy atom. The van der Waals surface area contributed by atoms with Crippen molar-refractivity contribution in [2.24, 2.45) is 10.8 Å². The third-order valence-corrected chi connectivity index (χ3v) is 5.78. The predicted molar refractivity (Wildman–Crippen MR) is 81.6 cm³/mol. The van der Waals surface area contributed by atoms with Crippen molar-refractivity contribution < 1.29 is 19.1 Å². The lowest BCUT2D eigenvalue weighted by molar-refractivity contribution is -0.165. The van der Waals surface area contributed by atoms with E-state index in [1.165, 1.54) is 0 Å². The lowest BCUT2D eigenvalue weighted by atomic mass is 9.66. The molecule has 1 N–H and O–H groups in total. The number of hydrogen-bond acceptors (Lipinski definition) is 4. The van der Waals surface area contributed by atoms with Crippen LogP contribution in [0.4, 0.5) is 5.69 Å². The summed E-state index contributed by atoms with van der Waals surface area (Å²) in [5, 5.41) is 2.87. The van der Waals surface area contributed by atoms with Crippen molar-refractivity contribution in [1.29, 1.82) is 0 Å². The number of anilines is 1. The molecule has 0 aromatic heterocycles. The van der Waals surface area contributed by atoms with Crippen molar-refractivity contribution in [3.8, 4) is 5.75 Å². The van der Waals surface area contributed by atoms with E-state index < -0.39 is 16.4 Å². The Kier molecular flexibility index (Phi) is 3.03. The molecular formula is C17H21NO4. The Hall–Kier alpha value is -2.04. The minimum absolute atomic E-state index is 0.264. The summed E-state index contributed by atoms with van der Waals surface area (Å²) in [6.07, 6.45) is 1.22. The molecule has 2 aliphatic rings. The number of amides is 1. The number of esters is 1. The van der Waals surface area contributed by atoms with Gasteiger partial charge in [0, 0.05) is 17.2 Å². The third kappa shape index (κ3) is 1.65. The van der Waals surface area contributed by atoms with Gasteiger partial charge in [-0.3, -0.25) is 9.59 Å². The normalized spacial score (nSPS) is 31.7. The van der Waals surface area contributed by atoms with Crippen LogP contribution >= 0.6 is 0 Å². The average Bonchev–Trinajstić information content (AvgIpc) is 2.78. The van der Waals surface area contributed by atoms with Crippen LogP contribution in [-0.4, -0.2) is 24.6 Å². The van der Waals surface area contributed by atoms with E-state index in [-0.39, 0.29) is 11.9 Å². The summed E-state index contributed by atoms with van der Waals surface area (Å²) < 4.78 is 10.7. The van der Waals surface area contributed by atoms with E-state index in [0.29, 0.717) is 24.3 Å². The lowest BCUT2D eigenvalue weighted by Gasteiger charge is -2.35. The van der Waals surface area contributed by atoms with E-state index in [1.54, 1.807) is 31.4 Å². The number of fused-ring (bicyclic) bond motifs is 2. The van der Waals surface area contributed by atoms with Crippen molar-refractivity contribution in [1.82, 2.24) is 0 Å².